The summed E-state index contributed by atoms with van der Waals surface area (Å²) in [5.41, 5.74) is 1.20. The van der Waals surface area contributed by atoms with Gasteiger partial charge in [-0.25, -0.2) is 0 Å². The highest BCUT2D eigenvalue weighted by atomic mass is 79.9. The third kappa shape index (κ3) is 4.63. The molecule has 0 saturated carbocycles. The number of rotatable bonds is 7. The van der Waals surface area contributed by atoms with Crippen molar-refractivity contribution < 1.29 is 13.9 Å². The van der Waals surface area contributed by atoms with Gasteiger partial charge in [-0.2, -0.15) is 0 Å². The molecule has 1 aromatic carbocycles. The maximum Gasteiger partial charge on any atom is 0.287 e. The van der Waals surface area contributed by atoms with Crippen molar-refractivity contribution in [2.45, 2.75) is 19.3 Å². The first-order valence-electron chi connectivity index (χ1n) is 6.86. The Bertz CT molecular complexity index is 595. The summed E-state index contributed by atoms with van der Waals surface area (Å²) < 4.78 is 11.1. The predicted octanol–water partition coefficient (Wildman–Crippen LogP) is 3.80. The van der Waals surface area contributed by atoms with Crippen LogP contribution < -0.4 is 10.1 Å². The average Bonchev–Trinajstić information content (AvgIpc) is 2.94. The van der Waals surface area contributed by atoms with Gasteiger partial charge in [0.25, 0.3) is 5.91 Å². The van der Waals surface area contributed by atoms with E-state index in [0.29, 0.717) is 17.0 Å². The van der Waals surface area contributed by atoms with Gasteiger partial charge in [-0.05, 0) is 59.0 Å². The number of hydrogen-bond acceptors (Lipinski definition) is 3. The monoisotopic (exact) mass is 351 g/mol. The number of unbranched alkanes of at least 4 members (excludes halogenated alkanes) is 1. The number of halogens is 1. The third-order valence-electron chi connectivity index (χ3n) is 3.15. The zero-order valence-electron chi connectivity index (χ0n) is 11.9. The van der Waals surface area contributed by atoms with E-state index < -0.39 is 0 Å². The van der Waals surface area contributed by atoms with Crippen molar-refractivity contribution >= 4 is 21.8 Å². The Morgan fingerprint density at radius 2 is 2.05 bits per heavy atom. The fourth-order valence-electron chi connectivity index (χ4n) is 2.08. The molecule has 0 aliphatic rings. The van der Waals surface area contributed by atoms with Crippen LogP contribution in [-0.4, -0.2) is 19.6 Å². The number of para-hydroxylation sites is 1. The molecule has 5 heteroatoms. The van der Waals surface area contributed by atoms with Gasteiger partial charge in [0, 0.05) is 6.54 Å². The minimum atomic E-state index is -0.182. The van der Waals surface area contributed by atoms with Crippen LogP contribution in [0.15, 0.2) is 45.5 Å². The molecule has 0 saturated heterocycles. The molecule has 0 radical (unpaired) electrons. The number of aryl methyl sites for hydroxylation is 1. The van der Waals surface area contributed by atoms with Gasteiger partial charge in [-0.1, -0.05) is 18.2 Å². The van der Waals surface area contributed by atoms with Gasteiger partial charge in [0.1, 0.15) is 5.75 Å². The Morgan fingerprint density at radius 1 is 1.24 bits per heavy atom. The van der Waals surface area contributed by atoms with E-state index in [0.717, 1.165) is 25.0 Å². The van der Waals surface area contributed by atoms with Crippen LogP contribution in [0.25, 0.3) is 0 Å². The second kappa shape index (κ2) is 7.88. The lowest BCUT2D eigenvalue weighted by atomic mass is 10.1. The highest BCUT2D eigenvalue weighted by Gasteiger charge is 2.09. The number of methoxy groups -OCH3 is 1. The highest BCUT2D eigenvalue weighted by Crippen LogP contribution is 2.19. The summed E-state index contributed by atoms with van der Waals surface area (Å²) in [5, 5.41) is 2.84. The molecule has 21 heavy (non-hydrogen) atoms. The van der Waals surface area contributed by atoms with Gasteiger partial charge >= 0.3 is 0 Å². The number of amides is 1. The zero-order valence-corrected chi connectivity index (χ0v) is 13.5. The molecule has 1 N–H and O–H groups in total. The minimum absolute atomic E-state index is 0.182. The largest absolute Gasteiger partial charge is 0.496 e. The SMILES string of the molecule is COc1ccccc1CCCCNC(=O)c1ccc(Br)o1. The van der Waals surface area contributed by atoms with Crippen LogP contribution in [0.5, 0.6) is 5.75 Å². The minimum Gasteiger partial charge on any atom is -0.496 e. The van der Waals surface area contributed by atoms with Gasteiger partial charge in [-0.15, -0.1) is 0 Å². The van der Waals surface area contributed by atoms with Gasteiger partial charge in [0.15, 0.2) is 10.4 Å². The van der Waals surface area contributed by atoms with Crippen LogP contribution >= 0.6 is 15.9 Å². The van der Waals surface area contributed by atoms with Crippen LogP contribution in [0, 0.1) is 0 Å². The smallest absolute Gasteiger partial charge is 0.287 e. The van der Waals surface area contributed by atoms with E-state index in [4.69, 9.17) is 9.15 Å². The molecular weight excluding hydrogens is 334 g/mol. The third-order valence-corrected chi connectivity index (χ3v) is 3.57. The molecule has 1 heterocycles. The van der Waals surface area contributed by atoms with Crippen molar-refractivity contribution in [3.63, 3.8) is 0 Å². The summed E-state index contributed by atoms with van der Waals surface area (Å²) in [7, 11) is 1.68. The molecule has 1 amide bonds. The standard InChI is InChI=1S/C16H18BrNO3/c1-20-13-8-3-2-6-12(13)7-4-5-11-18-16(19)14-9-10-15(17)21-14/h2-3,6,8-10H,4-5,7,11H2,1H3,(H,18,19). The molecule has 0 unspecified atom stereocenters. The van der Waals surface area contributed by atoms with Crippen molar-refractivity contribution in [3.05, 3.63) is 52.4 Å². The first-order valence-corrected chi connectivity index (χ1v) is 7.65. The summed E-state index contributed by atoms with van der Waals surface area (Å²) in [6.45, 7) is 0.631. The number of carbonyl (C=O) groups is 1. The Morgan fingerprint density at radius 3 is 2.76 bits per heavy atom. The lowest BCUT2D eigenvalue weighted by Crippen LogP contribution is -2.23. The second-order valence-corrected chi connectivity index (χ2v) is 5.41. The molecule has 0 spiro atoms. The maximum absolute atomic E-state index is 11.7. The van der Waals surface area contributed by atoms with E-state index in [-0.39, 0.29) is 5.91 Å². The number of furan rings is 1. The Balaban J connectivity index is 1.69. The molecule has 2 rings (SSSR count). The van der Waals surface area contributed by atoms with Crippen LogP contribution in [-0.2, 0) is 6.42 Å². The molecule has 0 fully saturated rings. The molecule has 0 aliphatic heterocycles. The van der Waals surface area contributed by atoms with Crippen LogP contribution in [0.4, 0.5) is 0 Å². The van der Waals surface area contributed by atoms with Crippen molar-refractivity contribution in [1.82, 2.24) is 5.32 Å². The van der Waals surface area contributed by atoms with Crippen molar-refractivity contribution in [1.29, 1.82) is 0 Å². The molecule has 112 valence electrons. The van der Waals surface area contributed by atoms with Crippen molar-refractivity contribution in [2.75, 3.05) is 13.7 Å². The fourth-order valence-corrected chi connectivity index (χ4v) is 2.38. The van der Waals surface area contributed by atoms with Gasteiger partial charge < -0.3 is 14.5 Å². The van der Waals surface area contributed by atoms with E-state index in [1.165, 1.54) is 5.56 Å². The van der Waals surface area contributed by atoms with E-state index in [1.54, 1.807) is 19.2 Å². The summed E-state index contributed by atoms with van der Waals surface area (Å²) in [5.74, 6) is 1.06. The normalized spacial score (nSPS) is 10.4. The van der Waals surface area contributed by atoms with Gasteiger partial charge in [0.05, 0.1) is 7.11 Å². The fraction of sp³-hybridized carbons (Fsp3) is 0.312. The quantitative estimate of drug-likeness (QED) is 0.771. The summed E-state index contributed by atoms with van der Waals surface area (Å²) in [6.07, 6.45) is 2.83. The van der Waals surface area contributed by atoms with Crippen LogP contribution in [0.3, 0.4) is 0 Å². The molecule has 0 aliphatic carbocycles. The molecule has 2 aromatic rings. The van der Waals surface area contributed by atoms with Crippen molar-refractivity contribution in [3.8, 4) is 5.75 Å². The number of nitrogens with one attached hydrogen (secondary N) is 1. The van der Waals surface area contributed by atoms with E-state index in [1.807, 2.05) is 18.2 Å². The lowest BCUT2D eigenvalue weighted by molar-refractivity contribution is 0.0924. The number of benzene rings is 1. The molecule has 1 aromatic heterocycles. The predicted molar refractivity (Wildman–Crippen MR) is 84.7 cm³/mol. The Hall–Kier alpha value is -1.75. The second-order valence-electron chi connectivity index (χ2n) is 4.63. The van der Waals surface area contributed by atoms with E-state index in [2.05, 4.69) is 27.3 Å². The summed E-state index contributed by atoms with van der Waals surface area (Å²) >= 11 is 3.17. The van der Waals surface area contributed by atoms with Crippen molar-refractivity contribution in [2.24, 2.45) is 0 Å². The first kappa shape index (κ1) is 15.6. The number of carbonyl (C=O) groups excluding carboxylic acids is 1. The van der Waals surface area contributed by atoms with Gasteiger partial charge in [-0.3, -0.25) is 4.79 Å². The summed E-state index contributed by atoms with van der Waals surface area (Å²) in [6, 6.07) is 11.4. The molecule has 0 atom stereocenters. The Labute approximate surface area is 132 Å². The van der Waals surface area contributed by atoms with Crippen LogP contribution in [0.2, 0.25) is 0 Å². The van der Waals surface area contributed by atoms with Gasteiger partial charge in [0.2, 0.25) is 0 Å². The van der Waals surface area contributed by atoms with E-state index >= 15 is 0 Å². The topological polar surface area (TPSA) is 51.5 Å². The molecule has 0 bridgehead atoms. The zero-order chi connectivity index (χ0) is 15.1. The van der Waals surface area contributed by atoms with Crippen LogP contribution in [0.1, 0.15) is 29.0 Å². The average molecular weight is 352 g/mol. The Kier molecular flexibility index (Phi) is 5.87. The lowest BCUT2D eigenvalue weighted by Gasteiger charge is -2.08. The molecule has 4 nitrogen and oxygen atoms in total. The number of ether oxygens (including phenoxy) is 1. The van der Waals surface area contributed by atoms with E-state index in [9.17, 15) is 4.79 Å². The first-order chi connectivity index (χ1) is 10.2. The molecular formula is C16H18BrNO3. The summed E-state index contributed by atoms with van der Waals surface area (Å²) in [4.78, 5) is 11.7. The maximum atomic E-state index is 11.7. The number of hydrogen-bond donors (Lipinski definition) is 1. The highest BCUT2D eigenvalue weighted by molar-refractivity contribution is 9.10.